The maximum Gasteiger partial charge on any atom is 0.320 e. The Morgan fingerprint density at radius 1 is 1.17 bits per heavy atom. The molecule has 0 spiro atoms. The molecule has 0 amide bonds. The second kappa shape index (κ2) is 7.74. The first-order chi connectivity index (χ1) is 8.60. The molecule has 1 saturated heterocycles. The molecule has 0 aliphatic carbocycles. The van der Waals surface area contributed by atoms with Gasteiger partial charge in [-0.3, -0.25) is 14.6 Å². The minimum absolute atomic E-state index is 0.274. The van der Waals surface area contributed by atoms with E-state index in [-0.39, 0.29) is 6.04 Å². The van der Waals surface area contributed by atoms with Gasteiger partial charge in [-0.1, -0.05) is 26.7 Å². The van der Waals surface area contributed by atoms with E-state index in [1.54, 1.807) is 0 Å². The van der Waals surface area contributed by atoms with E-state index in [0.29, 0.717) is 6.04 Å². The van der Waals surface area contributed by atoms with Gasteiger partial charge >= 0.3 is 5.97 Å². The fourth-order valence-corrected chi connectivity index (χ4v) is 2.61. The molecule has 4 nitrogen and oxygen atoms in total. The van der Waals surface area contributed by atoms with Crippen LogP contribution >= 0.6 is 0 Å². The van der Waals surface area contributed by atoms with Crippen LogP contribution in [0.5, 0.6) is 0 Å². The van der Waals surface area contributed by atoms with Gasteiger partial charge in [0.15, 0.2) is 0 Å². The zero-order valence-corrected chi connectivity index (χ0v) is 12.1. The van der Waals surface area contributed by atoms with Crippen LogP contribution in [0.2, 0.25) is 0 Å². The summed E-state index contributed by atoms with van der Waals surface area (Å²) < 4.78 is 0. The lowest BCUT2D eigenvalue weighted by Crippen LogP contribution is -2.54. The van der Waals surface area contributed by atoms with E-state index in [1.807, 2.05) is 0 Å². The summed E-state index contributed by atoms with van der Waals surface area (Å²) in [6.45, 7) is 10.4. The molecule has 0 saturated carbocycles. The molecular weight excluding hydrogens is 228 g/mol. The van der Waals surface area contributed by atoms with Crippen LogP contribution in [-0.4, -0.2) is 59.1 Å². The van der Waals surface area contributed by atoms with E-state index < -0.39 is 5.97 Å². The molecule has 0 aromatic rings. The smallest absolute Gasteiger partial charge is 0.320 e. The predicted molar refractivity (Wildman–Crippen MR) is 73.8 cm³/mol. The summed E-state index contributed by atoms with van der Waals surface area (Å²) >= 11 is 0. The molecule has 0 bridgehead atoms. The van der Waals surface area contributed by atoms with Gasteiger partial charge in [0, 0.05) is 32.2 Å². The molecular formula is C14H28N2O2. The van der Waals surface area contributed by atoms with E-state index in [9.17, 15) is 9.90 Å². The molecule has 0 radical (unpaired) electrons. The Kier molecular flexibility index (Phi) is 6.65. The molecule has 2 atom stereocenters. The van der Waals surface area contributed by atoms with Gasteiger partial charge in [0.05, 0.1) is 0 Å². The van der Waals surface area contributed by atoms with Crippen molar-refractivity contribution in [2.24, 2.45) is 0 Å². The normalized spacial score (nSPS) is 21.7. The summed E-state index contributed by atoms with van der Waals surface area (Å²) in [5.41, 5.74) is 0. The van der Waals surface area contributed by atoms with Crippen LogP contribution in [0, 0.1) is 0 Å². The summed E-state index contributed by atoms with van der Waals surface area (Å²) in [4.78, 5) is 15.9. The van der Waals surface area contributed by atoms with Crippen LogP contribution in [0.3, 0.4) is 0 Å². The molecule has 1 aliphatic heterocycles. The lowest BCUT2D eigenvalue weighted by atomic mass is 10.1. The number of carboxylic acids is 1. The SMILES string of the molecule is CCCCC(C(=O)O)N1CCN(C(C)CC)CC1. The predicted octanol–water partition coefficient (Wildman–Crippen LogP) is 2.05. The molecule has 1 fully saturated rings. The van der Waals surface area contributed by atoms with Crippen LogP contribution in [0.25, 0.3) is 0 Å². The Balaban J connectivity index is 2.46. The number of aliphatic carboxylic acids is 1. The summed E-state index contributed by atoms with van der Waals surface area (Å²) in [7, 11) is 0. The maximum atomic E-state index is 11.3. The highest BCUT2D eigenvalue weighted by molar-refractivity contribution is 5.73. The Morgan fingerprint density at radius 3 is 2.17 bits per heavy atom. The van der Waals surface area contributed by atoms with E-state index in [1.165, 1.54) is 0 Å². The van der Waals surface area contributed by atoms with Crippen molar-refractivity contribution in [3.05, 3.63) is 0 Å². The number of piperazine rings is 1. The second-order valence-corrected chi connectivity index (χ2v) is 5.33. The van der Waals surface area contributed by atoms with Crippen molar-refractivity contribution >= 4 is 5.97 Å². The first-order valence-electron chi connectivity index (χ1n) is 7.31. The van der Waals surface area contributed by atoms with Crippen molar-refractivity contribution in [3.8, 4) is 0 Å². The van der Waals surface area contributed by atoms with Gasteiger partial charge in [0.2, 0.25) is 0 Å². The van der Waals surface area contributed by atoms with Crippen LogP contribution in [-0.2, 0) is 4.79 Å². The highest BCUT2D eigenvalue weighted by atomic mass is 16.4. The number of carbonyl (C=O) groups is 1. The van der Waals surface area contributed by atoms with Crippen LogP contribution in [0.4, 0.5) is 0 Å². The molecule has 1 heterocycles. The molecule has 0 aromatic heterocycles. The zero-order valence-electron chi connectivity index (χ0n) is 12.1. The average molecular weight is 256 g/mol. The molecule has 4 heteroatoms. The van der Waals surface area contributed by atoms with Crippen molar-refractivity contribution in [1.29, 1.82) is 0 Å². The highest BCUT2D eigenvalue weighted by Crippen LogP contribution is 2.15. The van der Waals surface area contributed by atoms with Crippen molar-refractivity contribution in [2.75, 3.05) is 26.2 Å². The summed E-state index contributed by atoms with van der Waals surface area (Å²) in [6.07, 6.45) is 4.02. The monoisotopic (exact) mass is 256 g/mol. The van der Waals surface area contributed by atoms with Crippen molar-refractivity contribution < 1.29 is 9.90 Å². The van der Waals surface area contributed by atoms with Gasteiger partial charge in [-0.25, -0.2) is 0 Å². The maximum absolute atomic E-state index is 11.3. The van der Waals surface area contributed by atoms with Crippen molar-refractivity contribution in [3.63, 3.8) is 0 Å². The van der Waals surface area contributed by atoms with Crippen LogP contribution < -0.4 is 0 Å². The van der Waals surface area contributed by atoms with Crippen LogP contribution in [0.15, 0.2) is 0 Å². The number of hydrogen-bond donors (Lipinski definition) is 1. The number of carboxylic acid groups (broad SMARTS) is 1. The Labute approximate surface area is 111 Å². The summed E-state index contributed by atoms with van der Waals surface area (Å²) in [6, 6.07) is 0.343. The Morgan fingerprint density at radius 2 is 1.72 bits per heavy atom. The molecule has 1 aliphatic rings. The van der Waals surface area contributed by atoms with Crippen molar-refractivity contribution in [1.82, 2.24) is 9.80 Å². The molecule has 106 valence electrons. The first kappa shape index (κ1) is 15.4. The highest BCUT2D eigenvalue weighted by Gasteiger charge is 2.29. The lowest BCUT2D eigenvalue weighted by molar-refractivity contribution is -0.144. The molecule has 1 N–H and O–H groups in total. The Bertz CT molecular complexity index is 250. The largest absolute Gasteiger partial charge is 0.480 e. The van der Waals surface area contributed by atoms with E-state index in [0.717, 1.165) is 51.9 Å². The number of hydrogen-bond acceptors (Lipinski definition) is 3. The molecule has 0 aromatic carbocycles. The summed E-state index contributed by atoms with van der Waals surface area (Å²) in [5, 5.41) is 9.32. The van der Waals surface area contributed by atoms with Crippen molar-refractivity contribution in [2.45, 2.75) is 58.5 Å². The molecule has 1 rings (SSSR count). The zero-order chi connectivity index (χ0) is 13.5. The number of rotatable bonds is 7. The van der Waals surface area contributed by atoms with E-state index in [4.69, 9.17) is 0 Å². The van der Waals surface area contributed by atoms with E-state index >= 15 is 0 Å². The van der Waals surface area contributed by atoms with Gasteiger partial charge in [-0.2, -0.15) is 0 Å². The van der Waals surface area contributed by atoms with Gasteiger partial charge in [-0.05, 0) is 19.8 Å². The van der Waals surface area contributed by atoms with Gasteiger partial charge in [0.25, 0.3) is 0 Å². The van der Waals surface area contributed by atoms with Gasteiger partial charge in [0.1, 0.15) is 6.04 Å². The number of nitrogens with zero attached hydrogens (tertiary/aromatic N) is 2. The third kappa shape index (κ3) is 4.25. The fourth-order valence-electron chi connectivity index (χ4n) is 2.61. The molecule has 18 heavy (non-hydrogen) atoms. The average Bonchev–Trinajstić information content (AvgIpc) is 2.38. The third-order valence-electron chi connectivity index (χ3n) is 4.12. The first-order valence-corrected chi connectivity index (χ1v) is 7.31. The summed E-state index contributed by atoms with van der Waals surface area (Å²) in [5.74, 6) is -0.652. The minimum atomic E-state index is -0.652. The van der Waals surface area contributed by atoms with E-state index in [2.05, 4.69) is 30.6 Å². The van der Waals surface area contributed by atoms with Gasteiger partial charge in [-0.15, -0.1) is 0 Å². The quantitative estimate of drug-likeness (QED) is 0.757. The Hall–Kier alpha value is -0.610. The third-order valence-corrected chi connectivity index (χ3v) is 4.12. The second-order valence-electron chi connectivity index (χ2n) is 5.33. The number of unbranched alkanes of at least 4 members (excludes halogenated alkanes) is 1. The topological polar surface area (TPSA) is 43.8 Å². The standard InChI is InChI=1S/C14H28N2O2/c1-4-6-7-13(14(17)18)16-10-8-15(9-11-16)12(3)5-2/h12-13H,4-11H2,1-3H3,(H,17,18). The molecule has 2 unspecified atom stereocenters. The lowest BCUT2D eigenvalue weighted by Gasteiger charge is -2.40. The minimum Gasteiger partial charge on any atom is -0.480 e. The fraction of sp³-hybridized carbons (Fsp3) is 0.929. The van der Waals surface area contributed by atoms with Crippen LogP contribution in [0.1, 0.15) is 46.5 Å². The van der Waals surface area contributed by atoms with Gasteiger partial charge < -0.3 is 5.11 Å².